The fraction of sp³-hybridized carbons (Fsp3) is 0.875. The molecule has 0 aliphatic carbocycles. The van der Waals surface area contributed by atoms with Crippen molar-refractivity contribution in [1.29, 1.82) is 0 Å². The van der Waals surface area contributed by atoms with Gasteiger partial charge >= 0.3 is 5.97 Å². The summed E-state index contributed by atoms with van der Waals surface area (Å²) in [6.45, 7) is 4.23. The van der Waals surface area contributed by atoms with Crippen LogP contribution in [-0.2, 0) is 9.53 Å². The number of hydrogen-bond acceptors (Lipinski definition) is 2. The molecule has 1 heterocycles. The summed E-state index contributed by atoms with van der Waals surface area (Å²) in [7, 11) is 0. The molecule has 11 heavy (non-hydrogen) atoms. The van der Waals surface area contributed by atoms with Gasteiger partial charge in [0.15, 0.2) is 0 Å². The maximum absolute atomic E-state index is 10.7. The molecule has 0 spiro atoms. The molecule has 0 aromatic rings. The minimum Gasteiger partial charge on any atom is -0.461 e. The average Bonchev–Trinajstić information content (AvgIpc) is 2.34. The fourth-order valence-electron chi connectivity index (χ4n) is 1.20. The average molecular weight is 221 g/mol. The quantitative estimate of drug-likeness (QED) is 0.527. The lowest BCUT2D eigenvalue weighted by Gasteiger charge is -2.19. The van der Waals surface area contributed by atoms with Gasteiger partial charge in [0.05, 0.1) is 4.83 Å². The summed E-state index contributed by atoms with van der Waals surface area (Å²) in [4.78, 5) is 11.1. The van der Waals surface area contributed by atoms with Crippen LogP contribution in [0.1, 0.15) is 26.7 Å². The first-order valence-electron chi connectivity index (χ1n) is 3.95. The van der Waals surface area contributed by atoms with E-state index in [1.165, 1.54) is 0 Å². The van der Waals surface area contributed by atoms with Crippen LogP contribution in [-0.4, -0.2) is 16.9 Å². The SMILES string of the molecule is CC(C)[C@H](Br)[C@H]1CCC(=O)O1. The molecule has 1 aliphatic rings. The molecule has 0 aromatic heterocycles. The van der Waals surface area contributed by atoms with Gasteiger partial charge < -0.3 is 4.74 Å². The number of carbonyl (C=O) groups excluding carboxylic acids is 1. The van der Waals surface area contributed by atoms with E-state index in [0.29, 0.717) is 17.2 Å². The number of esters is 1. The van der Waals surface area contributed by atoms with Crippen LogP contribution in [0.2, 0.25) is 0 Å². The van der Waals surface area contributed by atoms with E-state index < -0.39 is 0 Å². The van der Waals surface area contributed by atoms with Gasteiger partial charge in [-0.25, -0.2) is 0 Å². The molecule has 0 N–H and O–H groups in total. The van der Waals surface area contributed by atoms with Gasteiger partial charge in [0.2, 0.25) is 0 Å². The predicted octanol–water partition coefficient (Wildman–Crippen LogP) is 2.11. The second-order valence-electron chi connectivity index (χ2n) is 3.26. The van der Waals surface area contributed by atoms with Gasteiger partial charge in [0, 0.05) is 6.42 Å². The molecule has 0 saturated carbocycles. The largest absolute Gasteiger partial charge is 0.461 e. The summed E-state index contributed by atoms with van der Waals surface area (Å²) in [5.74, 6) is 0.464. The lowest BCUT2D eigenvalue weighted by Crippen LogP contribution is -2.24. The monoisotopic (exact) mass is 220 g/mol. The molecule has 0 radical (unpaired) electrons. The summed E-state index contributed by atoms with van der Waals surface area (Å²) >= 11 is 3.52. The topological polar surface area (TPSA) is 26.3 Å². The Morgan fingerprint density at radius 1 is 1.64 bits per heavy atom. The van der Waals surface area contributed by atoms with Gasteiger partial charge in [0.1, 0.15) is 6.10 Å². The molecule has 2 nitrogen and oxygen atoms in total. The smallest absolute Gasteiger partial charge is 0.306 e. The minimum absolute atomic E-state index is 0.0555. The number of cyclic esters (lactones) is 1. The summed E-state index contributed by atoms with van der Waals surface area (Å²) < 4.78 is 5.10. The number of ether oxygens (including phenoxy) is 1. The molecule has 1 rings (SSSR count). The maximum Gasteiger partial charge on any atom is 0.306 e. The first kappa shape index (κ1) is 9.04. The van der Waals surface area contributed by atoms with Crippen molar-refractivity contribution < 1.29 is 9.53 Å². The highest BCUT2D eigenvalue weighted by atomic mass is 79.9. The van der Waals surface area contributed by atoms with Crippen LogP contribution in [0.4, 0.5) is 0 Å². The van der Waals surface area contributed by atoms with Crippen molar-refractivity contribution in [2.24, 2.45) is 5.92 Å². The first-order chi connectivity index (χ1) is 5.11. The van der Waals surface area contributed by atoms with E-state index in [1.807, 2.05) is 0 Å². The summed E-state index contributed by atoms with van der Waals surface area (Å²) in [6, 6.07) is 0. The molecule has 1 fully saturated rings. The lowest BCUT2D eigenvalue weighted by atomic mass is 10.0. The lowest BCUT2D eigenvalue weighted by molar-refractivity contribution is -0.141. The van der Waals surface area contributed by atoms with E-state index in [4.69, 9.17) is 4.74 Å². The van der Waals surface area contributed by atoms with Crippen molar-refractivity contribution in [2.45, 2.75) is 37.6 Å². The van der Waals surface area contributed by atoms with Gasteiger partial charge in [-0.3, -0.25) is 4.79 Å². The zero-order chi connectivity index (χ0) is 8.43. The minimum atomic E-state index is -0.0555. The molecule has 0 bridgehead atoms. The van der Waals surface area contributed by atoms with Crippen LogP contribution in [0.3, 0.4) is 0 Å². The Bertz CT molecular complexity index is 156. The Labute approximate surface area is 75.4 Å². The van der Waals surface area contributed by atoms with E-state index in [2.05, 4.69) is 29.8 Å². The Hall–Kier alpha value is -0.0500. The van der Waals surface area contributed by atoms with Gasteiger partial charge in [-0.05, 0) is 12.3 Å². The van der Waals surface area contributed by atoms with E-state index in [9.17, 15) is 4.79 Å². The van der Waals surface area contributed by atoms with Crippen molar-refractivity contribution in [3.63, 3.8) is 0 Å². The van der Waals surface area contributed by atoms with Crippen LogP contribution < -0.4 is 0 Å². The van der Waals surface area contributed by atoms with Crippen LogP contribution in [0.25, 0.3) is 0 Å². The Morgan fingerprint density at radius 3 is 2.64 bits per heavy atom. The zero-order valence-corrected chi connectivity index (χ0v) is 8.43. The fourth-order valence-corrected chi connectivity index (χ4v) is 1.57. The molecule has 1 saturated heterocycles. The van der Waals surface area contributed by atoms with Crippen molar-refractivity contribution >= 4 is 21.9 Å². The number of hydrogen-bond donors (Lipinski definition) is 0. The molecular formula is C8H13BrO2. The molecule has 1 aliphatic heterocycles. The van der Waals surface area contributed by atoms with Crippen molar-refractivity contribution in [3.8, 4) is 0 Å². The number of carbonyl (C=O) groups is 1. The van der Waals surface area contributed by atoms with Gasteiger partial charge in [-0.1, -0.05) is 29.8 Å². The highest BCUT2D eigenvalue weighted by Gasteiger charge is 2.30. The third-order valence-corrected chi connectivity index (χ3v) is 3.55. The van der Waals surface area contributed by atoms with E-state index >= 15 is 0 Å². The van der Waals surface area contributed by atoms with Gasteiger partial charge in [0.25, 0.3) is 0 Å². The zero-order valence-electron chi connectivity index (χ0n) is 6.84. The molecule has 64 valence electrons. The summed E-state index contributed by atoms with van der Waals surface area (Å²) in [6.07, 6.45) is 1.55. The molecule has 0 amide bonds. The van der Waals surface area contributed by atoms with E-state index in [-0.39, 0.29) is 12.1 Å². The second-order valence-corrected chi connectivity index (χ2v) is 4.31. The van der Waals surface area contributed by atoms with Crippen molar-refractivity contribution in [3.05, 3.63) is 0 Å². The van der Waals surface area contributed by atoms with Crippen LogP contribution in [0.5, 0.6) is 0 Å². The van der Waals surface area contributed by atoms with Crippen LogP contribution >= 0.6 is 15.9 Å². The highest BCUT2D eigenvalue weighted by Crippen LogP contribution is 2.26. The van der Waals surface area contributed by atoms with Crippen molar-refractivity contribution in [1.82, 2.24) is 0 Å². The summed E-state index contributed by atoms with van der Waals surface area (Å²) in [5, 5.41) is 0. The highest BCUT2D eigenvalue weighted by molar-refractivity contribution is 9.09. The molecule has 3 heteroatoms. The molecular weight excluding hydrogens is 208 g/mol. The summed E-state index contributed by atoms with van der Waals surface area (Å²) in [5.41, 5.74) is 0. The maximum atomic E-state index is 10.7. The third-order valence-electron chi connectivity index (χ3n) is 1.91. The van der Waals surface area contributed by atoms with Gasteiger partial charge in [-0.15, -0.1) is 0 Å². The van der Waals surface area contributed by atoms with E-state index in [0.717, 1.165) is 6.42 Å². The molecule has 0 aromatic carbocycles. The normalized spacial score (nSPS) is 27.3. The number of rotatable bonds is 2. The molecule has 2 atom stereocenters. The van der Waals surface area contributed by atoms with Crippen LogP contribution in [0.15, 0.2) is 0 Å². The third kappa shape index (κ3) is 2.19. The number of halogens is 1. The Balaban J connectivity index is 2.43. The van der Waals surface area contributed by atoms with Gasteiger partial charge in [-0.2, -0.15) is 0 Å². The van der Waals surface area contributed by atoms with Crippen molar-refractivity contribution in [2.75, 3.05) is 0 Å². The standard InChI is InChI=1S/C8H13BrO2/c1-5(2)8(9)6-3-4-7(10)11-6/h5-6,8H,3-4H2,1-2H3/t6-,8+/m1/s1. The van der Waals surface area contributed by atoms with Crippen LogP contribution in [0, 0.1) is 5.92 Å². The number of alkyl halides is 1. The Kier molecular flexibility index (Phi) is 2.93. The van der Waals surface area contributed by atoms with E-state index in [1.54, 1.807) is 0 Å². The first-order valence-corrected chi connectivity index (χ1v) is 4.86. The molecule has 0 unspecified atom stereocenters. The predicted molar refractivity (Wildman–Crippen MR) is 46.7 cm³/mol. The second kappa shape index (κ2) is 3.57. The Morgan fingerprint density at radius 2 is 2.27 bits per heavy atom.